The lowest BCUT2D eigenvalue weighted by Gasteiger charge is -2.38. The van der Waals surface area contributed by atoms with Crippen LogP contribution in [0, 0.1) is 22.7 Å². The van der Waals surface area contributed by atoms with Gasteiger partial charge in [0, 0.05) is 11.6 Å². The van der Waals surface area contributed by atoms with E-state index in [4.69, 9.17) is 10.5 Å². The number of carbonyl (C=O) groups is 1. The first kappa shape index (κ1) is 17.3. The number of benzene rings is 1. The molecule has 4 heteroatoms. The quantitative estimate of drug-likeness (QED) is 0.867. The SMILES string of the molecule is COc1ccc(NC(=O)[C@H]2C[C@H]3CC[C@]2(C)C3(C)C)c(CCN)c1. The fraction of sp³-hybridized carbons (Fsp3) is 0.650. The van der Waals surface area contributed by atoms with Gasteiger partial charge in [0.1, 0.15) is 5.75 Å². The Labute approximate surface area is 145 Å². The normalized spacial score (nSPS) is 30.4. The van der Waals surface area contributed by atoms with Crippen LogP contribution in [0.1, 0.15) is 45.6 Å². The third kappa shape index (κ3) is 2.52. The summed E-state index contributed by atoms with van der Waals surface area (Å²) in [7, 11) is 1.65. The van der Waals surface area contributed by atoms with Gasteiger partial charge in [-0.2, -0.15) is 0 Å². The molecule has 3 atom stereocenters. The van der Waals surface area contributed by atoms with E-state index in [-0.39, 0.29) is 22.7 Å². The van der Waals surface area contributed by atoms with Crippen LogP contribution in [0.25, 0.3) is 0 Å². The maximum Gasteiger partial charge on any atom is 0.228 e. The summed E-state index contributed by atoms with van der Waals surface area (Å²) < 4.78 is 5.29. The summed E-state index contributed by atoms with van der Waals surface area (Å²) in [6.07, 6.45) is 4.15. The zero-order valence-corrected chi connectivity index (χ0v) is 15.3. The molecule has 1 amide bonds. The molecule has 0 spiro atoms. The summed E-state index contributed by atoms with van der Waals surface area (Å²) >= 11 is 0. The minimum absolute atomic E-state index is 0.0964. The van der Waals surface area contributed by atoms with Gasteiger partial charge in [-0.05, 0) is 72.7 Å². The summed E-state index contributed by atoms with van der Waals surface area (Å²) in [5.74, 6) is 1.72. The Hall–Kier alpha value is -1.55. The highest BCUT2D eigenvalue weighted by molar-refractivity contribution is 5.94. The highest BCUT2D eigenvalue weighted by Crippen LogP contribution is 2.68. The zero-order valence-electron chi connectivity index (χ0n) is 15.3. The van der Waals surface area contributed by atoms with Crippen molar-refractivity contribution in [3.05, 3.63) is 23.8 Å². The van der Waals surface area contributed by atoms with Crippen molar-refractivity contribution in [2.45, 2.75) is 46.5 Å². The molecule has 0 saturated heterocycles. The standard InChI is InChI=1S/C20H30N2O2/c1-19(2)14-7-9-20(19,3)16(12-14)18(23)22-17-6-5-15(24-4)11-13(17)8-10-21/h5-6,11,14,16H,7-10,12,21H2,1-4H3,(H,22,23)/t14-,16-,20+/m1/s1. The van der Waals surface area contributed by atoms with Crippen LogP contribution in [0.4, 0.5) is 5.69 Å². The second-order valence-corrected chi connectivity index (χ2v) is 8.21. The molecule has 2 aliphatic carbocycles. The molecule has 2 fully saturated rings. The van der Waals surface area contributed by atoms with Gasteiger partial charge in [-0.15, -0.1) is 0 Å². The Balaban J connectivity index is 1.81. The number of ether oxygens (including phenoxy) is 1. The van der Waals surface area contributed by atoms with Crippen molar-refractivity contribution in [1.29, 1.82) is 0 Å². The minimum Gasteiger partial charge on any atom is -0.497 e. The molecule has 3 rings (SSSR count). The molecule has 2 aliphatic rings. The van der Waals surface area contributed by atoms with Crippen LogP contribution in [-0.4, -0.2) is 19.6 Å². The van der Waals surface area contributed by atoms with Crippen molar-refractivity contribution in [3.63, 3.8) is 0 Å². The smallest absolute Gasteiger partial charge is 0.228 e. The number of nitrogens with two attached hydrogens (primary N) is 1. The van der Waals surface area contributed by atoms with Gasteiger partial charge >= 0.3 is 0 Å². The summed E-state index contributed by atoms with van der Waals surface area (Å²) in [5.41, 5.74) is 7.98. The fourth-order valence-electron chi connectivity index (χ4n) is 5.00. The molecule has 2 bridgehead atoms. The number of fused-ring (bicyclic) bond motifs is 2. The first-order valence-corrected chi connectivity index (χ1v) is 9.01. The zero-order chi connectivity index (χ0) is 17.5. The molecule has 1 aromatic carbocycles. The lowest BCUT2D eigenvalue weighted by Crippen LogP contribution is -2.38. The van der Waals surface area contributed by atoms with Crippen molar-refractivity contribution >= 4 is 11.6 Å². The summed E-state index contributed by atoms with van der Waals surface area (Å²) in [6.45, 7) is 7.53. The Kier molecular flexibility index (Phi) is 4.37. The van der Waals surface area contributed by atoms with E-state index in [1.165, 1.54) is 6.42 Å². The van der Waals surface area contributed by atoms with E-state index < -0.39 is 0 Å². The molecule has 24 heavy (non-hydrogen) atoms. The Morgan fingerprint density at radius 1 is 1.38 bits per heavy atom. The molecular weight excluding hydrogens is 300 g/mol. The number of nitrogens with one attached hydrogen (secondary N) is 1. The molecule has 2 saturated carbocycles. The van der Waals surface area contributed by atoms with E-state index in [1.54, 1.807) is 7.11 Å². The van der Waals surface area contributed by atoms with E-state index in [2.05, 4.69) is 26.1 Å². The number of methoxy groups -OCH3 is 1. The number of hydrogen-bond acceptors (Lipinski definition) is 3. The Bertz CT molecular complexity index is 641. The first-order valence-electron chi connectivity index (χ1n) is 9.01. The molecule has 0 radical (unpaired) electrons. The van der Waals surface area contributed by atoms with Crippen LogP contribution in [0.2, 0.25) is 0 Å². The largest absolute Gasteiger partial charge is 0.497 e. The highest BCUT2D eigenvalue weighted by Gasteiger charge is 2.63. The highest BCUT2D eigenvalue weighted by atomic mass is 16.5. The molecule has 4 nitrogen and oxygen atoms in total. The number of rotatable bonds is 5. The van der Waals surface area contributed by atoms with Crippen molar-refractivity contribution in [1.82, 2.24) is 0 Å². The van der Waals surface area contributed by atoms with Gasteiger partial charge in [0.15, 0.2) is 0 Å². The molecule has 0 heterocycles. The van der Waals surface area contributed by atoms with Gasteiger partial charge in [-0.3, -0.25) is 4.79 Å². The molecule has 1 aromatic rings. The monoisotopic (exact) mass is 330 g/mol. The lowest BCUT2D eigenvalue weighted by molar-refractivity contribution is -0.124. The molecule has 132 valence electrons. The molecule has 3 N–H and O–H groups in total. The van der Waals surface area contributed by atoms with Crippen molar-refractivity contribution < 1.29 is 9.53 Å². The van der Waals surface area contributed by atoms with Crippen molar-refractivity contribution in [3.8, 4) is 5.75 Å². The van der Waals surface area contributed by atoms with Crippen LogP contribution in [0.5, 0.6) is 5.75 Å². The van der Waals surface area contributed by atoms with Gasteiger partial charge in [0.25, 0.3) is 0 Å². The number of carbonyl (C=O) groups excluding carboxylic acids is 1. The van der Waals surface area contributed by atoms with E-state index in [9.17, 15) is 4.79 Å². The molecule has 0 aliphatic heterocycles. The minimum atomic E-state index is 0.0964. The number of hydrogen-bond donors (Lipinski definition) is 2. The first-order chi connectivity index (χ1) is 11.3. The lowest BCUT2D eigenvalue weighted by atomic mass is 9.66. The second-order valence-electron chi connectivity index (χ2n) is 8.21. The van der Waals surface area contributed by atoms with Crippen LogP contribution in [-0.2, 0) is 11.2 Å². The van der Waals surface area contributed by atoms with E-state index >= 15 is 0 Å². The van der Waals surface area contributed by atoms with Crippen molar-refractivity contribution in [2.75, 3.05) is 19.0 Å². The van der Waals surface area contributed by atoms with Crippen LogP contribution >= 0.6 is 0 Å². The van der Waals surface area contributed by atoms with Gasteiger partial charge in [-0.25, -0.2) is 0 Å². The Morgan fingerprint density at radius 3 is 2.67 bits per heavy atom. The van der Waals surface area contributed by atoms with E-state index in [0.717, 1.165) is 36.3 Å². The van der Waals surface area contributed by atoms with E-state index in [0.29, 0.717) is 12.5 Å². The van der Waals surface area contributed by atoms with Crippen LogP contribution in [0.15, 0.2) is 18.2 Å². The predicted octanol–water partition coefficient (Wildman–Crippen LogP) is 3.60. The maximum absolute atomic E-state index is 13.0. The molecule has 0 unspecified atom stereocenters. The predicted molar refractivity (Wildman–Crippen MR) is 97.1 cm³/mol. The van der Waals surface area contributed by atoms with Crippen molar-refractivity contribution in [2.24, 2.45) is 28.4 Å². The van der Waals surface area contributed by atoms with Crippen LogP contribution < -0.4 is 15.8 Å². The third-order valence-electron chi connectivity index (χ3n) is 7.09. The van der Waals surface area contributed by atoms with Gasteiger partial charge < -0.3 is 15.8 Å². The summed E-state index contributed by atoms with van der Waals surface area (Å²) in [5, 5.41) is 3.19. The Morgan fingerprint density at radius 2 is 2.12 bits per heavy atom. The third-order valence-corrected chi connectivity index (χ3v) is 7.09. The summed E-state index contributed by atoms with van der Waals surface area (Å²) in [6, 6.07) is 5.79. The van der Waals surface area contributed by atoms with Gasteiger partial charge in [-0.1, -0.05) is 20.8 Å². The average molecular weight is 330 g/mol. The van der Waals surface area contributed by atoms with Crippen LogP contribution in [0.3, 0.4) is 0 Å². The molecular formula is C20H30N2O2. The maximum atomic E-state index is 13.0. The second kappa shape index (κ2) is 6.07. The summed E-state index contributed by atoms with van der Waals surface area (Å²) in [4.78, 5) is 13.0. The van der Waals surface area contributed by atoms with Gasteiger partial charge in [0.2, 0.25) is 5.91 Å². The fourth-order valence-corrected chi connectivity index (χ4v) is 5.00. The molecule has 0 aromatic heterocycles. The van der Waals surface area contributed by atoms with E-state index in [1.807, 2.05) is 18.2 Å². The average Bonchev–Trinajstić information content (AvgIpc) is 2.89. The number of amides is 1. The number of anilines is 1. The van der Waals surface area contributed by atoms with Gasteiger partial charge in [0.05, 0.1) is 7.11 Å². The topological polar surface area (TPSA) is 64.3 Å².